The maximum Gasteiger partial charge on any atom is 0.332 e. The summed E-state index contributed by atoms with van der Waals surface area (Å²) in [6.07, 6.45) is 0. The van der Waals surface area contributed by atoms with Crippen molar-refractivity contribution in [2.24, 2.45) is 0 Å². The van der Waals surface area contributed by atoms with E-state index in [1.165, 1.54) is 33.5 Å². The van der Waals surface area contributed by atoms with Crippen LogP contribution in [-0.4, -0.2) is 24.8 Å². The molecule has 0 fully saturated rings. The smallest absolute Gasteiger partial charge is 0.324 e. The summed E-state index contributed by atoms with van der Waals surface area (Å²) in [6, 6.07) is 11.3. The van der Waals surface area contributed by atoms with Crippen LogP contribution in [0, 0.1) is 26.6 Å². The van der Waals surface area contributed by atoms with Gasteiger partial charge in [-0.2, -0.15) is 5.10 Å². The first-order valence-corrected chi connectivity index (χ1v) is 11.0. The summed E-state index contributed by atoms with van der Waals surface area (Å²) in [6.45, 7) is 7.44. The van der Waals surface area contributed by atoms with Gasteiger partial charge < -0.3 is 5.32 Å². The van der Waals surface area contributed by atoms with Crippen LogP contribution in [0.2, 0.25) is 0 Å². The minimum atomic E-state index is -0.628. The van der Waals surface area contributed by atoms with Gasteiger partial charge in [-0.05, 0) is 62.6 Å². The van der Waals surface area contributed by atoms with Crippen LogP contribution >= 0.6 is 0 Å². The molecule has 176 valence electrons. The Balaban J connectivity index is 1.83. The molecule has 0 radical (unpaired) electrons. The molecule has 4 rings (SSSR count). The van der Waals surface area contributed by atoms with Gasteiger partial charge in [-0.25, -0.2) is 9.18 Å². The lowest BCUT2D eigenvalue weighted by atomic mass is 10.1. The van der Waals surface area contributed by atoms with Crippen molar-refractivity contribution in [3.63, 3.8) is 0 Å². The van der Waals surface area contributed by atoms with Gasteiger partial charge in [0.15, 0.2) is 5.52 Å². The van der Waals surface area contributed by atoms with Crippen molar-refractivity contribution in [2.45, 2.75) is 47.3 Å². The van der Waals surface area contributed by atoms with E-state index in [0.717, 1.165) is 15.7 Å². The molecule has 2 aromatic carbocycles. The predicted molar refractivity (Wildman–Crippen MR) is 129 cm³/mol. The van der Waals surface area contributed by atoms with Crippen LogP contribution in [0.25, 0.3) is 11.0 Å². The standard InChI is InChI=1S/C25H26FN5O3/c1-5-31-23-22(17(4)28-31)29(14-21(32)27-20-12-15(2)6-7-16(20)3)25(34)30(24(23)33)13-18-8-10-19(26)11-9-18/h6-12H,5,13-14H2,1-4H3,(H,27,32). The van der Waals surface area contributed by atoms with Crippen LogP contribution in [0.3, 0.4) is 0 Å². The minimum absolute atomic E-state index is 0.0551. The fraction of sp³-hybridized carbons (Fsp3) is 0.280. The lowest BCUT2D eigenvalue weighted by molar-refractivity contribution is -0.116. The molecule has 2 aromatic heterocycles. The molecule has 0 saturated heterocycles. The summed E-state index contributed by atoms with van der Waals surface area (Å²) in [5, 5.41) is 7.28. The molecule has 4 aromatic rings. The van der Waals surface area contributed by atoms with Gasteiger partial charge >= 0.3 is 5.69 Å². The first-order chi connectivity index (χ1) is 16.2. The van der Waals surface area contributed by atoms with Gasteiger partial charge in [0.25, 0.3) is 5.56 Å². The van der Waals surface area contributed by atoms with Gasteiger partial charge in [0.1, 0.15) is 17.9 Å². The van der Waals surface area contributed by atoms with Crippen molar-refractivity contribution in [3.8, 4) is 0 Å². The van der Waals surface area contributed by atoms with Gasteiger partial charge in [-0.1, -0.05) is 24.3 Å². The molecule has 34 heavy (non-hydrogen) atoms. The summed E-state index contributed by atoms with van der Waals surface area (Å²) in [5.74, 6) is -0.806. The zero-order valence-corrected chi connectivity index (χ0v) is 19.6. The second-order valence-electron chi connectivity index (χ2n) is 8.35. The molecular weight excluding hydrogens is 437 g/mol. The van der Waals surface area contributed by atoms with Crippen LogP contribution in [0.4, 0.5) is 10.1 Å². The summed E-state index contributed by atoms with van der Waals surface area (Å²) in [7, 11) is 0. The van der Waals surface area contributed by atoms with E-state index in [2.05, 4.69) is 10.4 Å². The number of carbonyl (C=O) groups is 1. The fourth-order valence-corrected chi connectivity index (χ4v) is 4.05. The highest BCUT2D eigenvalue weighted by atomic mass is 19.1. The van der Waals surface area contributed by atoms with Crippen LogP contribution < -0.4 is 16.6 Å². The Hall–Kier alpha value is -4.01. The number of nitrogens with zero attached hydrogens (tertiary/aromatic N) is 4. The van der Waals surface area contributed by atoms with Crippen LogP contribution in [0.5, 0.6) is 0 Å². The number of benzene rings is 2. The number of hydrogen-bond donors (Lipinski definition) is 1. The molecular formula is C25H26FN5O3. The lowest BCUT2D eigenvalue weighted by Crippen LogP contribution is -2.42. The normalized spacial score (nSPS) is 11.2. The largest absolute Gasteiger partial charge is 0.332 e. The molecule has 0 aliphatic carbocycles. The monoisotopic (exact) mass is 463 g/mol. The molecule has 0 saturated carbocycles. The number of anilines is 1. The number of fused-ring (bicyclic) bond motifs is 1. The molecule has 0 aliphatic heterocycles. The van der Waals surface area contributed by atoms with Crippen molar-refractivity contribution in [3.05, 3.63) is 91.5 Å². The number of amides is 1. The van der Waals surface area contributed by atoms with Crippen LogP contribution in [-0.2, 0) is 24.4 Å². The number of aromatic nitrogens is 4. The second-order valence-corrected chi connectivity index (χ2v) is 8.35. The molecule has 0 atom stereocenters. The minimum Gasteiger partial charge on any atom is -0.324 e. The Bertz CT molecular complexity index is 1510. The molecule has 0 unspecified atom stereocenters. The Kier molecular flexibility index (Phi) is 6.19. The van der Waals surface area contributed by atoms with E-state index in [1.807, 2.05) is 39.0 Å². The van der Waals surface area contributed by atoms with Crippen molar-refractivity contribution in [2.75, 3.05) is 5.32 Å². The molecule has 9 heteroatoms. The topological polar surface area (TPSA) is 90.9 Å². The number of hydrogen-bond acceptors (Lipinski definition) is 4. The summed E-state index contributed by atoms with van der Waals surface area (Å²) in [4.78, 5) is 39.8. The van der Waals surface area contributed by atoms with E-state index in [0.29, 0.717) is 29.0 Å². The quantitative estimate of drug-likeness (QED) is 0.476. The number of halogens is 1. The lowest BCUT2D eigenvalue weighted by Gasteiger charge is -2.14. The SMILES string of the molecule is CCn1nc(C)c2c1c(=O)n(Cc1ccc(F)cc1)c(=O)n2CC(=O)Nc1cc(C)ccc1C. The fourth-order valence-electron chi connectivity index (χ4n) is 4.05. The van der Waals surface area contributed by atoms with Crippen molar-refractivity contribution < 1.29 is 9.18 Å². The number of rotatable bonds is 6. The first-order valence-electron chi connectivity index (χ1n) is 11.0. The predicted octanol–water partition coefficient (Wildman–Crippen LogP) is 3.13. The Morgan fingerprint density at radius 3 is 2.38 bits per heavy atom. The van der Waals surface area contributed by atoms with Gasteiger partial charge in [0.05, 0.1) is 12.2 Å². The van der Waals surface area contributed by atoms with Crippen LogP contribution in [0.15, 0.2) is 52.1 Å². The van der Waals surface area contributed by atoms with Gasteiger partial charge in [-0.3, -0.25) is 23.4 Å². The third kappa shape index (κ3) is 4.28. The molecule has 0 spiro atoms. The van der Waals surface area contributed by atoms with Crippen molar-refractivity contribution in [1.82, 2.24) is 18.9 Å². The molecule has 1 amide bonds. The van der Waals surface area contributed by atoms with Crippen LogP contribution in [0.1, 0.15) is 29.3 Å². The molecule has 0 aliphatic rings. The summed E-state index contributed by atoms with van der Waals surface area (Å²) in [5.41, 5.74) is 3.08. The molecule has 2 heterocycles. The number of carbonyl (C=O) groups excluding carboxylic acids is 1. The summed E-state index contributed by atoms with van der Waals surface area (Å²) >= 11 is 0. The van der Waals surface area contributed by atoms with E-state index in [-0.39, 0.29) is 18.6 Å². The number of aryl methyl sites for hydroxylation is 4. The van der Waals surface area contributed by atoms with E-state index in [4.69, 9.17) is 0 Å². The van der Waals surface area contributed by atoms with Crippen molar-refractivity contribution in [1.29, 1.82) is 0 Å². The van der Waals surface area contributed by atoms with E-state index in [1.54, 1.807) is 6.92 Å². The van der Waals surface area contributed by atoms with E-state index >= 15 is 0 Å². The number of nitrogens with one attached hydrogen (secondary N) is 1. The van der Waals surface area contributed by atoms with Gasteiger partial charge in [-0.15, -0.1) is 0 Å². The first kappa shape index (κ1) is 23.2. The maximum atomic E-state index is 13.5. The zero-order chi connectivity index (χ0) is 24.6. The third-order valence-electron chi connectivity index (χ3n) is 5.80. The maximum absolute atomic E-state index is 13.5. The van der Waals surface area contributed by atoms with Crippen molar-refractivity contribution >= 4 is 22.6 Å². The third-order valence-corrected chi connectivity index (χ3v) is 5.80. The highest BCUT2D eigenvalue weighted by Gasteiger charge is 2.22. The van der Waals surface area contributed by atoms with E-state index in [9.17, 15) is 18.8 Å². The summed E-state index contributed by atoms with van der Waals surface area (Å²) < 4.78 is 17.2. The zero-order valence-electron chi connectivity index (χ0n) is 19.6. The van der Waals surface area contributed by atoms with E-state index < -0.39 is 23.0 Å². The Morgan fingerprint density at radius 2 is 1.71 bits per heavy atom. The molecule has 0 bridgehead atoms. The van der Waals surface area contributed by atoms with Gasteiger partial charge in [0, 0.05) is 12.2 Å². The second kappa shape index (κ2) is 9.09. The average Bonchev–Trinajstić information content (AvgIpc) is 3.14. The molecule has 1 N–H and O–H groups in total. The Labute approximate surface area is 195 Å². The average molecular weight is 464 g/mol. The molecule has 8 nitrogen and oxygen atoms in total. The van der Waals surface area contributed by atoms with Gasteiger partial charge in [0.2, 0.25) is 5.91 Å². The highest BCUT2D eigenvalue weighted by Crippen LogP contribution is 2.18. The Morgan fingerprint density at radius 1 is 1.00 bits per heavy atom. The highest BCUT2D eigenvalue weighted by molar-refractivity contribution is 5.92.